The largest absolute Gasteiger partial charge is 0.493 e. The fraction of sp³-hybridized carbons (Fsp3) is 0.292. The number of hydrogen-bond donors (Lipinski definition) is 1. The molecule has 0 aromatic heterocycles. The fourth-order valence-corrected chi connectivity index (χ4v) is 4.11. The molecule has 0 unspecified atom stereocenters. The molecule has 1 heterocycles. The van der Waals surface area contributed by atoms with Gasteiger partial charge in [0, 0.05) is 5.69 Å². The zero-order valence-corrected chi connectivity index (χ0v) is 19.9. The van der Waals surface area contributed by atoms with Crippen molar-refractivity contribution in [3.8, 4) is 17.2 Å². The first kappa shape index (κ1) is 24.2. The van der Waals surface area contributed by atoms with Gasteiger partial charge < -0.3 is 19.5 Å². The maximum absolute atomic E-state index is 12.8. The van der Waals surface area contributed by atoms with Crippen LogP contribution in [-0.4, -0.2) is 49.8 Å². The van der Waals surface area contributed by atoms with Gasteiger partial charge in [-0.05, 0) is 59.1 Å². The van der Waals surface area contributed by atoms with Crippen molar-refractivity contribution in [1.29, 1.82) is 0 Å². The van der Waals surface area contributed by atoms with Crippen LogP contribution in [0.3, 0.4) is 0 Å². The highest BCUT2D eigenvalue weighted by Crippen LogP contribution is 2.40. The van der Waals surface area contributed by atoms with E-state index >= 15 is 0 Å². The van der Waals surface area contributed by atoms with Crippen LogP contribution in [0.4, 0.5) is 10.5 Å². The van der Waals surface area contributed by atoms with Gasteiger partial charge in [-0.25, -0.2) is 0 Å². The van der Waals surface area contributed by atoms with Gasteiger partial charge in [-0.3, -0.25) is 19.3 Å². The summed E-state index contributed by atoms with van der Waals surface area (Å²) in [7, 11) is 4.48. The second kappa shape index (κ2) is 10.4. The van der Waals surface area contributed by atoms with Gasteiger partial charge in [0.1, 0.15) is 6.54 Å². The molecule has 0 spiro atoms. The number of rotatable bonds is 8. The van der Waals surface area contributed by atoms with Crippen LogP contribution >= 0.6 is 11.8 Å². The number of carbonyl (C=O) groups excluding carboxylic acids is 3. The number of methoxy groups -OCH3 is 3. The third-order valence-electron chi connectivity index (χ3n) is 5.02. The molecule has 0 atom stereocenters. The molecule has 2 aromatic carbocycles. The van der Waals surface area contributed by atoms with E-state index in [4.69, 9.17) is 14.2 Å². The van der Waals surface area contributed by atoms with E-state index in [9.17, 15) is 14.4 Å². The van der Waals surface area contributed by atoms with Gasteiger partial charge in [0.25, 0.3) is 11.1 Å². The fourth-order valence-electron chi connectivity index (χ4n) is 3.27. The van der Waals surface area contributed by atoms with Crippen LogP contribution in [0, 0.1) is 0 Å². The second-order valence-corrected chi connectivity index (χ2v) is 8.54. The first-order valence-corrected chi connectivity index (χ1v) is 11.0. The predicted molar refractivity (Wildman–Crippen MR) is 128 cm³/mol. The molecule has 9 heteroatoms. The number of ether oxygens (including phenoxy) is 3. The van der Waals surface area contributed by atoms with Gasteiger partial charge in [-0.1, -0.05) is 26.0 Å². The van der Waals surface area contributed by atoms with Crippen molar-refractivity contribution in [3.63, 3.8) is 0 Å². The number of carbonyl (C=O) groups is 3. The second-order valence-electron chi connectivity index (χ2n) is 7.55. The van der Waals surface area contributed by atoms with E-state index < -0.39 is 17.1 Å². The Morgan fingerprint density at radius 1 is 1.03 bits per heavy atom. The van der Waals surface area contributed by atoms with Crippen LogP contribution in [0.15, 0.2) is 41.3 Å². The molecule has 174 valence electrons. The minimum atomic E-state index is -0.538. The molecular weight excluding hydrogens is 444 g/mol. The Bertz CT molecular complexity index is 1070. The molecule has 1 N–H and O–H groups in total. The molecule has 8 nitrogen and oxygen atoms in total. The number of hydrogen-bond acceptors (Lipinski definition) is 7. The summed E-state index contributed by atoms with van der Waals surface area (Å²) in [5.74, 6) is 0.647. The summed E-state index contributed by atoms with van der Waals surface area (Å²) in [6, 6.07) is 10.8. The third-order valence-corrected chi connectivity index (χ3v) is 5.93. The number of nitrogens with zero attached hydrogens (tertiary/aromatic N) is 1. The molecular formula is C24H26N2O6S. The number of thioether (sulfide) groups is 1. The average Bonchev–Trinajstić information content (AvgIpc) is 3.05. The lowest BCUT2D eigenvalue weighted by Crippen LogP contribution is -2.36. The molecule has 0 bridgehead atoms. The minimum Gasteiger partial charge on any atom is -0.493 e. The molecule has 1 aliphatic heterocycles. The smallest absolute Gasteiger partial charge is 0.294 e. The van der Waals surface area contributed by atoms with Crippen molar-refractivity contribution in [2.75, 3.05) is 33.2 Å². The average molecular weight is 471 g/mol. The first-order chi connectivity index (χ1) is 15.8. The van der Waals surface area contributed by atoms with Crippen LogP contribution in [0.1, 0.15) is 30.9 Å². The maximum Gasteiger partial charge on any atom is 0.294 e. The summed E-state index contributed by atoms with van der Waals surface area (Å²) < 4.78 is 16.0. The van der Waals surface area contributed by atoms with E-state index in [1.807, 2.05) is 12.1 Å². The third kappa shape index (κ3) is 5.48. The van der Waals surface area contributed by atoms with E-state index in [0.717, 1.165) is 22.2 Å². The molecule has 0 saturated carbocycles. The van der Waals surface area contributed by atoms with Gasteiger partial charge in [0.05, 0.1) is 26.2 Å². The Morgan fingerprint density at radius 3 is 2.15 bits per heavy atom. The summed E-state index contributed by atoms with van der Waals surface area (Å²) in [5, 5.41) is 2.21. The number of anilines is 1. The van der Waals surface area contributed by atoms with Gasteiger partial charge in [-0.15, -0.1) is 0 Å². The lowest BCUT2D eigenvalue weighted by atomic mass is 10.0. The van der Waals surface area contributed by atoms with E-state index in [1.54, 1.807) is 30.3 Å². The first-order valence-electron chi connectivity index (χ1n) is 10.2. The standard InChI is InChI=1S/C24H26N2O6S/c1-14(2)16-6-8-17(9-7-16)25-21(27)13-26-23(28)20(33-24(26)29)12-15-10-18(30-3)22(32-5)19(11-15)31-4/h6-12,14H,13H2,1-5H3,(H,25,27)/b20-12+. The zero-order valence-electron chi connectivity index (χ0n) is 19.1. The highest BCUT2D eigenvalue weighted by molar-refractivity contribution is 8.18. The molecule has 3 amide bonds. The van der Waals surface area contributed by atoms with E-state index in [2.05, 4.69) is 19.2 Å². The van der Waals surface area contributed by atoms with Crippen molar-refractivity contribution < 1.29 is 28.6 Å². The molecule has 1 saturated heterocycles. The molecule has 0 aliphatic carbocycles. The van der Waals surface area contributed by atoms with Crippen LogP contribution in [0.25, 0.3) is 6.08 Å². The number of imide groups is 1. The molecule has 0 radical (unpaired) electrons. The zero-order chi connectivity index (χ0) is 24.1. The quantitative estimate of drug-likeness (QED) is 0.567. The Balaban J connectivity index is 1.74. The molecule has 1 aliphatic rings. The van der Waals surface area contributed by atoms with Crippen molar-refractivity contribution in [3.05, 3.63) is 52.4 Å². The van der Waals surface area contributed by atoms with Gasteiger partial charge in [0.15, 0.2) is 11.5 Å². The van der Waals surface area contributed by atoms with Crippen molar-refractivity contribution >= 4 is 40.6 Å². The van der Waals surface area contributed by atoms with Gasteiger partial charge in [-0.2, -0.15) is 0 Å². The number of benzene rings is 2. The van der Waals surface area contributed by atoms with Crippen LogP contribution in [-0.2, 0) is 9.59 Å². The van der Waals surface area contributed by atoms with Crippen LogP contribution in [0.2, 0.25) is 0 Å². The SMILES string of the molecule is COc1cc(/C=C2/SC(=O)N(CC(=O)Nc3ccc(C(C)C)cc3)C2=O)cc(OC)c1OC. The van der Waals surface area contributed by atoms with Crippen molar-refractivity contribution in [2.45, 2.75) is 19.8 Å². The van der Waals surface area contributed by atoms with Gasteiger partial charge in [0.2, 0.25) is 11.7 Å². The Hall–Kier alpha value is -3.46. The van der Waals surface area contributed by atoms with Crippen LogP contribution < -0.4 is 19.5 Å². The molecule has 33 heavy (non-hydrogen) atoms. The van der Waals surface area contributed by atoms with E-state index in [-0.39, 0.29) is 11.4 Å². The van der Waals surface area contributed by atoms with E-state index in [1.165, 1.54) is 21.3 Å². The summed E-state index contributed by atoms with van der Waals surface area (Å²) in [6.45, 7) is 3.79. The Morgan fingerprint density at radius 2 is 1.64 bits per heavy atom. The Kier molecular flexibility index (Phi) is 7.65. The molecule has 2 aromatic rings. The lowest BCUT2D eigenvalue weighted by molar-refractivity contribution is -0.127. The lowest BCUT2D eigenvalue weighted by Gasteiger charge is -2.13. The highest BCUT2D eigenvalue weighted by atomic mass is 32.2. The summed E-state index contributed by atoms with van der Waals surface area (Å²) in [5.41, 5.74) is 2.34. The Labute approximate surface area is 196 Å². The topological polar surface area (TPSA) is 94.2 Å². The summed E-state index contributed by atoms with van der Waals surface area (Å²) in [4.78, 5) is 38.8. The van der Waals surface area contributed by atoms with Crippen molar-refractivity contribution in [1.82, 2.24) is 4.90 Å². The monoisotopic (exact) mass is 470 g/mol. The predicted octanol–water partition coefficient (Wildman–Crippen LogP) is 4.51. The van der Waals surface area contributed by atoms with Crippen molar-refractivity contribution in [2.24, 2.45) is 0 Å². The number of amides is 3. The normalized spacial score (nSPS) is 14.7. The highest BCUT2D eigenvalue weighted by Gasteiger charge is 2.36. The van der Waals surface area contributed by atoms with Crippen LogP contribution in [0.5, 0.6) is 17.2 Å². The molecule has 3 rings (SSSR count). The summed E-state index contributed by atoms with van der Waals surface area (Å²) in [6.07, 6.45) is 1.55. The summed E-state index contributed by atoms with van der Waals surface area (Å²) >= 11 is 0.773. The maximum atomic E-state index is 12.8. The van der Waals surface area contributed by atoms with E-state index in [0.29, 0.717) is 34.4 Å². The number of nitrogens with one attached hydrogen (secondary N) is 1. The van der Waals surface area contributed by atoms with Gasteiger partial charge >= 0.3 is 0 Å². The minimum absolute atomic E-state index is 0.198. The molecule has 1 fully saturated rings.